The van der Waals surface area contributed by atoms with E-state index < -0.39 is 6.23 Å². The monoisotopic (exact) mass is 191 g/mol. The molecule has 3 N–H and O–H groups in total. The molecule has 0 amide bonds. The summed E-state index contributed by atoms with van der Waals surface area (Å²) < 4.78 is 0. The first-order chi connectivity index (χ1) is 6.65. The van der Waals surface area contributed by atoms with Crippen LogP contribution in [0, 0.1) is 11.3 Å². The molecular weight excluding hydrogens is 178 g/mol. The van der Waals surface area contributed by atoms with Crippen LogP contribution in [0.1, 0.15) is 11.8 Å². The molecule has 0 fully saturated rings. The van der Waals surface area contributed by atoms with Crippen molar-refractivity contribution in [2.45, 2.75) is 6.23 Å². The Morgan fingerprint density at radius 1 is 1.50 bits per heavy atom. The van der Waals surface area contributed by atoms with Gasteiger partial charge in [0.2, 0.25) is 0 Å². The average Bonchev–Trinajstić information content (AvgIpc) is 2.18. The van der Waals surface area contributed by atoms with Crippen molar-refractivity contribution in [1.29, 1.82) is 5.26 Å². The van der Waals surface area contributed by atoms with E-state index in [0.717, 1.165) is 5.56 Å². The lowest BCUT2D eigenvalue weighted by Crippen LogP contribution is -2.24. The number of hydrogen-bond acceptors (Lipinski definition) is 4. The van der Waals surface area contributed by atoms with Crippen LogP contribution in [-0.2, 0) is 0 Å². The summed E-state index contributed by atoms with van der Waals surface area (Å²) >= 11 is 0. The Morgan fingerprint density at radius 3 is 2.57 bits per heavy atom. The molecule has 4 heteroatoms. The van der Waals surface area contributed by atoms with Crippen molar-refractivity contribution in [3.63, 3.8) is 0 Å². The minimum Gasteiger partial charge on any atom is -0.399 e. The Balaban J connectivity index is 2.74. The Morgan fingerprint density at radius 2 is 2.07 bits per heavy atom. The number of nitriles is 1. The van der Waals surface area contributed by atoms with Gasteiger partial charge in [0.05, 0.1) is 12.6 Å². The van der Waals surface area contributed by atoms with Crippen molar-refractivity contribution in [2.75, 3.05) is 19.3 Å². The van der Waals surface area contributed by atoms with E-state index in [-0.39, 0.29) is 6.54 Å². The number of aliphatic hydroxyl groups is 1. The standard InChI is InChI=1S/C10H13N3O/c1-13(7-6-11)10(14)8-2-4-9(12)5-3-8/h2-5,10,14H,7,12H2,1H3. The zero-order valence-corrected chi connectivity index (χ0v) is 8.01. The predicted octanol–water partition coefficient (Wildman–Crippen LogP) is 0.715. The summed E-state index contributed by atoms with van der Waals surface area (Å²) in [4.78, 5) is 1.55. The second-order valence-electron chi connectivity index (χ2n) is 3.11. The van der Waals surface area contributed by atoms with E-state index in [0.29, 0.717) is 5.69 Å². The Hall–Kier alpha value is -1.57. The first-order valence-corrected chi connectivity index (χ1v) is 4.26. The molecule has 0 aliphatic carbocycles. The molecule has 0 spiro atoms. The van der Waals surface area contributed by atoms with E-state index in [9.17, 15) is 5.11 Å². The van der Waals surface area contributed by atoms with Crippen molar-refractivity contribution in [2.24, 2.45) is 0 Å². The fourth-order valence-electron chi connectivity index (χ4n) is 1.12. The lowest BCUT2D eigenvalue weighted by Gasteiger charge is -2.20. The molecule has 1 aromatic rings. The normalized spacial score (nSPS) is 12.4. The van der Waals surface area contributed by atoms with Crippen molar-refractivity contribution in [3.8, 4) is 6.07 Å². The van der Waals surface area contributed by atoms with Gasteiger partial charge in [-0.1, -0.05) is 12.1 Å². The summed E-state index contributed by atoms with van der Waals surface area (Å²) in [6.45, 7) is 0.186. The number of anilines is 1. The fraction of sp³-hybridized carbons (Fsp3) is 0.300. The zero-order valence-electron chi connectivity index (χ0n) is 8.01. The van der Waals surface area contributed by atoms with Crippen molar-refractivity contribution in [1.82, 2.24) is 4.90 Å². The van der Waals surface area contributed by atoms with Gasteiger partial charge in [0.25, 0.3) is 0 Å². The van der Waals surface area contributed by atoms with Crippen LogP contribution in [0.3, 0.4) is 0 Å². The van der Waals surface area contributed by atoms with E-state index >= 15 is 0 Å². The van der Waals surface area contributed by atoms with E-state index in [1.807, 2.05) is 6.07 Å². The lowest BCUT2D eigenvalue weighted by atomic mass is 10.1. The third-order valence-electron chi connectivity index (χ3n) is 1.97. The minimum atomic E-state index is -0.754. The molecule has 74 valence electrons. The van der Waals surface area contributed by atoms with Crippen molar-refractivity contribution in [3.05, 3.63) is 29.8 Å². The highest BCUT2D eigenvalue weighted by molar-refractivity contribution is 5.39. The SMILES string of the molecule is CN(CC#N)C(O)c1ccc(N)cc1. The molecule has 1 unspecified atom stereocenters. The van der Waals surface area contributed by atoms with Crippen LogP contribution in [0.2, 0.25) is 0 Å². The number of rotatable bonds is 3. The predicted molar refractivity (Wildman–Crippen MR) is 54.1 cm³/mol. The topological polar surface area (TPSA) is 73.3 Å². The molecular formula is C10H13N3O. The first kappa shape index (κ1) is 10.5. The van der Waals surface area contributed by atoms with Crippen LogP contribution in [0.15, 0.2) is 24.3 Å². The number of aliphatic hydroxyl groups excluding tert-OH is 1. The van der Waals surface area contributed by atoms with Crippen LogP contribution in [0.25, 0.3) is 0 Å². The lowest BCUT2D eigenvalue weighted by molar-refractivity contribution is 0.0300. The summed E-state index contributed by atoms with van der Waals surface area (Å²) in [6, 6.07) is 8.90. The van der Waals surface area contributed by atoms with Gasteiger partial charge in [-0.25, -0.2) is 0 Å². The number of nitrogens with two attached hydrogens (primary N) is 1. The van der Waals surface area contributed by atoms with Gasteiger partial charge in [0.15, 0.2) is 0 Å². The van der Waals surface area contributed by atoms with Gasteiger partial charge < -0.3 is 10.8 Å². The number of nitrogens with zero attached hydrogens (tertiary/aromatic N) is 2. The highest BCUT2D eigenvalue weighted by Gasteiger charge is 2.12. The van der Waals surface area contributed by atoms with Crippen LogP contribution in [0.4, 0.5) is 5.69 Å². The Kier molecular flexibility index (Phi) is 3.46. The summed E-state index contributed by atoms with van der Waals surface area (Å²) in [6.07, 6.45) is -0.754. The van der Waals surface area contributed by atoms with E-state index in [1.54, 1.807) is 36.2 Å². The average molecular weight is 191 g/mol. The molecule has 1 rings (SSSR count). The molecule has 0 aliphatic rings. The molecule has 0 radical (unpaired) electrons. The second-order valence-corrected chi connectivity index (χ2v) is 3.11. The largest absolute Gasteiger partial charge is 0.399 e. The number of hydrogen-bond donors (Lipinski definition) is 2. The van der Waals surface area contributed by atoms with E-state index in [2.05, 4.69) is 0 Å². The highest BCUT2D eigenvalue weighted by Crippen LogP contribution is 2.16. The third-order valence-corrected chi connectivity index (χ3v) is 1.97. The first-order valence-electron chi connectivity index (χ1n) is 4.26. The molecule has 14 heavy (non-hydrogen) atoms. The molecule has 1 aromatic carbocycles. The number of nitrogen functional groups attached to an aromatic ring is 1. The quantitative estimate of drug-likeness (QED) is 0.419. The highest BCUT2D eigenvalue weighted by atomic mass is 16.3. The summed E-state index contributed by atoms with van der Waals surface area (Å²) in [5, 5.41) is 18.2. The van der Waals surface area contributed by atoms with Gasteiger partial charge in [0, 0.05) is 5.69 Å². The maximum Gasteiger partial charge on any atom is 0.134 e. The molecule has 0 aliphatic heterocycles. The van der Waals surface area contributed by atoms with Gasteiger partial charge in [-0.2, -0.15) is 5.26 Å². The van der Waals surface area contributed by atoms with Gasteiger partial charge in [-0.05, 0) is 24.7 Å². The van der Waals surface area contributed by atoms with Gasteiger partial charge in [-0.3, -0.25) is 4.90 Å². The summed E-state index contributed by atoms with van der Waals surface area (Å²) in [7, 11) is 1.68. The van der Waals surface area contributed by atoms with Crippen molar-refractivity contribution < 1.29 is 5.11 Å². The van der Waals surface area contributed by atoms with E-state index in [1.165, 1.54) is 0 Å². The zero-order chi connectivity index (χ0) is 10.6. The second kappa shape index (κ2) is 4.61. The van der Waals surface area contributed by atoms with Crippen LogP contribution in [0.5, 0.6) is 0 Å². The van der Waals surface area contributed by atoms with Gasteiger partial charge in [-0.15, -0.1) is 0 Å². The Labute approximate surface area is 83.2 Å². The molecule has 0 bridgehead atoms. The maximum absolute atomic E-state index is 9.75. The molecule has 0 saturated heterocycles. The molecule has 1 atom stereocenters. The summed E-state index contributed by atoms with van der Waals surface area (Å²) in [5.74, 6) is 0. The van der Waals surface area contributed by atoms with Crippen LogP contribution < -0.4 is 5.73 Å². The third kappa shape index (κ3) is 2.46. The minimum absolute atomic E-state index is 0.186. The molecule has 0 saturated carbocycles. The number of benzene rings is 1. The molecule has 0 heterocycles. The van der Waals surface area contributed by atoms with Crippen LogP contribution >= 0.6 is 0 Å². The van der Waals surface area contributed by atoms with Crippen molar-refractivity contribution >= 4 is 5.69 Å². The Bertz CT molecular complexity index is 328. The van der Waals surface area contributed by atoms with Crippen LogP contribution in [-0.4, -0.2) is 23.6 Å². The molecule has 0 aromatic heterocycles. The van der Waals surface area contributed by atoms with E-state index in [4.69, 9.17) is 11.0 Å². The summed E-state index contributed by atoms with van der Waals surface area (Å²) in [5.41, 5.74) is 6.90. The maximum atomic E-state index is 9.75. The fourth-order valence-corrected chi connectivity index (χ4v) is 1.12. The van der Waals surface area contributed by atoms with Gasteiger partial charge in [0.1, 0.15) is 6.23 Å². The molecule has 4 nitrogen and oxygen atoms in total. The smallest absolute Gasteiger partial charge is 0.134 e. The van der Waals surface area contributed by atoms with Gasteiger partial charge >= 0.3 is 0 Å².